The molecule has 0 saturated carbocycles. The lowest BCUT2D eigenvalue weighted by atomic mass is 10.0. The first-order valence-electron chi connectivity index (χ1n) is 12.8. The van der Waals surface area contributed by atoms with Crippen LogP contribution in [0, 0.1) is 0 Å². The molecule has 1 heterocycles. The summed E-state index contributed by atoms with van der Waals surface area (Å²) in [5.41, 5.74) is 4.46. The van der Waals surface area contributed by atoms with Crippen LogP contribution in [0.2, 0.25) is 0 Å². The van der Waals surface area contributed by atoms with Gasteiger partial charge in [-0.3, -0.25) is 13.7 Å². The molecule has 0 atom stereocenters. The van der Waals surface area contributed by atoms with E-state index >= 15 is 0 Å². The third kappa shape index (κ3) is 6.04. The summed E-state index contributed by atoms with van der Waals surface area (Å²) in [5.74, 6) is 0. The van der Waals surface area contributed by atoms with Crippen molar-refractivity contribution in [1.82, 2.24) is 9.13 Å². The fourth-order valence-corrected chi connectivity index (χ4v) is 5.10. The smallest absolute Gasteiger partial charge is 0.324 e. The highest BCUT2D eigenvalue weighted by Gasteiger charge is 2.36. The van der Waals surface area contributed by atoms with Crippen LogP contribution in [0.25, 0.3) is 28.2 Å². The van der Waals surface area contributed by atoms with Crippen LogP contribution in [0.4, 0.5) is 0 Å². The lowest BCUT2D eigenvalue weighted by Crippen LogP contribution is -2.24. The van der Waals surface area contributed by atoms with Crippen molar-refractivity contribution >= 4 is 7.60 Å². The van der Waals surface area contributed by atoms with E-state index in [0.29, 0.717) is 13.0 Å². The zero-order valence-electron chi connectivity index (χ0n) is 21.5. The molecule has 194 valence electrons. The number of aromatic nitrogens is 2. The van der Waals surface area contributed by atoms with E-state index in [0.717, 1.165) is 53.9 Å². The number of rotatable bonds is 11. The molecule has 0 spiro atoms. The largest absolute Gasteiger partial charge is 0.333 e. The van der Waals surface area contributed by atoms with E-state index in [1.54, 1.807) is 18.4 Å². The topological polar surface area (TPSA) is 84.5 Å². The van der Waals surface area contributed by atoms with Crippen molar-refractivity contribution in [3.63, 3.8) is 0 Å². The Labute approximate surface area is 218 Å². The fourth-order valence-electron chi connectivity index (χ4n) is 4.65. The van der Waals surface area contributed by atoms with Crippen LogP contribution in [-0.2, 0) is 11.1 Å². The van der Waals surface area contributed by atoms with E-state index in [1.165, 1.54) is 0 Å². The molecule has 0 radical (unpaired) electrons. The standard InChI is InChI=1S/C30H35N2O4P/c1-30(2,37(34,35)36)22-14-3-4-15-23-31-27(24-16-8-5-9-17-24)28(25-18-10-6-11-19-25)32(29(31)33)26-20-12-7-13-21-26/h5-13,16-21H,3-4,14-15,22-23H2,1-2H3,(H2,34,35,36). The molecule has 0 fully saturated rings. The number of imidazole rings is 1. The van der Waals surface area contributed by atoms with Gasteiger partial charge in [-0.15, -0.1) is 0 Å². The summed E-state index contributed by atoms with van der Waals surface area (Å²) in [4.78, 5) is 33.1. The first-order chi connectivity index (χ1) is 17.7. The summed E-state index contributed by atoms with van der Waals surface area (Å²) >= 11 is 0. The Hall–Kier alpha value is -3.18. The number of para-hydroxylation sites is 1. The molecule has 0 unspecified atom stereocenters. The van der Waals surface area contributed by atoms with Crippen LogP contribution in [-0.4, -0.2) is 24.1 Å². The van der Waals surface area contributed by atoms with Gasteiger partial charge in [0.1, 0.15) is 0 Å². The maximum atomic E-state index is 14.0. The number of unbranched alkanes of at least 4 members (excludes halogenated alkanes) is 3. The van der Waals surface area contributed by atoms with Gasteiger partial charge < -0.3 is 9.79 Å². The molecule has 0 amide bonds. The molecule has 3 aromatic carbocycles. The molecule has 0 saturated heterocycles. The van der Waals surface area contributed by atoms with Gasteiger partial charge in [-0.25, -0.2) is 4.79 Å². The van der Waals surface area contributed by atoms with Crippen molar-refractivity contribution in [2.24, 2.45) is 0 Å². The highest BCUT2D eigenvalue weighted by molar-refractivity contribution is 7.53. The van der Waals surface area contributed by atoms with Gasteiger partial charge in [0.05, 0.1) is 22.2 Å². The van der Waals surface area contributed by atoms with Crippen LogP contribution < -0.4 is 5.69 Å². The normalized spacial score (nSPS) is 12.1. The third-order valence-corrected chi connectivity index (χ3v) is 8.76. The van der Waals surface area contributed by atoms with Gasteiger partial charge in [-0.05, 0) is 38.8 Å². The molecule has 1 aromatic heterocycles. The van der Waals surface area contributed by atoms with Crippen LogP contribution in [0.5, 0.6) is 0 Å². The SMILES string of the molecule is CC(C)(CCCCCCn1c(-c2ccccc2)c(-c2ccccc2)n(-c2ccccc2)c1=O)P(=O)(O)O. The van der Waals surface area contributed by atoms with Gasteiger partial charge >= 0.3 is 13.3 Å². The predicted octanol–water partition coefficient (Wildman–Crippen LogP) is 6.88. The molecule has 0 aliphatic rings. The average molecular weight is 519 g/mol. The second-order valence-corrected chi connectivity index (χ2v) is 12.4. The highest BCUT2D eigenvalue weighted by atomic mass is 31.2. The second kappa shape index (κ2) is 11.5. The molecule has 0 aliphatic heterocycles. The minimum absolute atomic E-state index is 0.0773. The number of nitrogens with zero attached hydrogens (tertiary/aromatic N) is 2. The fraction of sp³-hybridized carbons (Fsp3) is 0.300. The first kappa shape index (κ1) is 26.9. The summed E-state index contributed by atoms with van der Waals surface area (Å²) in [6.45, 7) is 3.80. The zero-order valence-corrected chi connectivity index (χ0v) is 22.3. The Kier molecular flexibility index (Phi) is 8.33. The van der Waals surface area contributed by atoms with Crippen molar-refractivity contribution in [2.75, 3.05) is 0 Å². The van der Waals surface area contributed by atoms with Crippen LogP contribution in [0.15, 0.2) is 95.8 Å². The van der Waals surface area contributed by atoms with Crippen molar-refractivity contribution in [2.45, 2.75) is 57.7 Å². The molecule has 2 N–H and O–H groups in total. The summed E-state index contributed by atoms with van der Waals surface area (Å²) in [5, 5.41) is -1.01. The Morgan fingerprint density at radius 2 is 1.19 bits per heavy atom. The van der Waals surface area contributed by atoms with E-state index in [9.17, 15) is 19.1 Å². The van der Waals surface area contributed by atoms with E-state index in [2.05, 4.69) is 0 Å². The minimum atomic E-state index is -4.13. The van der Waals surface area contributed by atoms with Crippen LogP contribution in [0.1, 0.15) is 46.0 Å². The highest BCUT2D eigenvalue weighted by Crippen LogP contribution is 2.52. The van der Waals surface area contributed by atoms with Gasteiger partial charge in [0.25, 0.3) is 0 Å². The summed E-state index contributed by atoms with van der Waals surface area (Å²) in [7, 11) is -4.13. The molecule has 0 aliphatic carbocycles. The summed E-state index contributed by atoms with van der Waals surface area (Å²) in [6.07, 6.45) is 3.72. The third-order valence-electron chi connectivity index (χ3n) is 6.96. The van der Waals surface area contributed by atoms with Gasteiger partial charge in [-0.2, -0.15) is 0 Å². The zero-order chi connectivity index (χ0) is 26.5. The number of hydrogen-bond donors (Lipinski definition) is 2. The Morgan fingerprint density at radius 1 is 0.703 bits per heavy atom. The maximum absolute atomic E-state index is 14.0. The molecule has 4 aromatic rings. The molecule has 4 rings (SSSR count). The van der Waals surface area contributed by atoms with Crippen molar-refractivity contribution in [1.29, 1.82) is 0 Å². The quantitative estimate of drug-likeness (QED) is 0.167. The first-order valence-corrected chi connectivity index (χ1v) is 14.4. The van der Waals surface area contributed by atoms with Crippen molar-refractivity contribution in [3.8, 4) is 28.2 Å². The molecule has 6 nitrogen and oxygen atoms in total. The molecule has 7 heteroatoms. The predicted molar refractivity (Wildman–Crippen MR) is 150 cm³/mol. The Balaban J connectivity index is 1.67. The van der Waals surface area contributed by atoms with Crippen molar-refractivity contribution < 1.29 is 14.4 Å². The summed E-state index contributed by atoms with van der Waals surface area (Å²) < 4.78 is 15.4. The minimum Gasteiger partial charge on any atom is -0.324 e. The molecular formula is C30H35N2O4P. The number of benzene rings is 3. The van der Waals surface area contributed by atoms with E-state index in [4.69, 9.17) is 0 Å². The van der Waals surface area contributed by atoms with Crippen LogP contribution in [0.3, 0.4) is 0 Å². The average Bonchev–Trinajstić information content (AvgIpc) is 3.19. The van der Waals surface area contributed by atoms with Crippen molar-refractivity contribution in [3.05, 3.63) is 101 Å². The lowest BCUT2D eigenvalue weighted by Gasteiger charge is -2.25. The van der Waals surface area contributed by atoms with Gasteiger partial charge in [0.15, 0.2) is 0 Å². The molecule has 37 heavy (non-hydrogen) atoms. The van der Waals surface area contributed by atoms with E-state index < -0.39 is 12.8 Å². The lowest BCUT2D eigenvalue weighted by molar-refractivity contribution is 0.326. The monoisotopic (exact) mass is 518 g/mol. The summed E-state index contributed by atoms with van der Waals surface area (Å²) in [6, 6.07) is 29.8. The van der Waals surface area contributed by atoms with E-state index in [-0.39, 0.29) is 5.69 Å². The van der Waals surface area contributed by atoms with E-state index in [1.807, 2.05) is 95.6 Å². The Morgan fingerprint density at radius 3 is 1.73 bits per heavy atom. The van der Waals surface area contributed by atoms with Gasteiger partial charge in [0, 0.05) is 17.7 Å². The molecule has 0 bridgehead atoms. The molecular weight excluding hydrogens is 483 g/mol. The van der Waals surface area contributed by atoms with Crippen LogP contribution >= 0.6 is 7.60 Å². The Bertz CT molecular complexity index is 1400. The maximum Gasteiger partial charge on any atom is 0.333 e. The van der Waals surface area contributed by atoms with Gasteiger partial charge in [0.2, 0.25) is 0 Å². The second-order valence-electron chi connectivity index (χ2n) is 10.1. The van der Waals surface area contributed by atoms with Gasteiger partial charge in [-0.1, -0.05) is 98.1 Å². The number of hydrogen-bond acceptors (Lipinski definition) is 2.